The second-order valence-corrected chi connectivity index (χ2v) is 10.8. The average molecular weight is 477 g/mol. The van der Waals surface area contributed by atoms with E-state index >= 15 is 0 Å². The normalized spacial score (nSPS) is 22.7. The maximum Gasteiger partial charge on any atom is 0.205 e. The van der Waals surface area contributed by atoms with Crippen molar-refractivity contribution in [2.45, 2.75) is 45.1 Å². The number of carbonyl (C=O) groups is 1. The van der Waals surface area contributed by atoms with Crippen LogP contribution in [0.3, 0.4) is 0 Å². The minimum absolute atomic E-state index is 0.168. The molecule has 0 saturated carbocycles. The van der Waals surface area contributed by atoms with Crippen LogP contribution in [0.5, 0.6) is 0 Å². The zero-order chi connectivity index (χ0) is 23.7. The number of nitrogens with zero attached hydrogens (tertiary/aromatic N) is 3. The number of benzene rings is 2. The van der Waals surface area contributed by atoms with Crippen LogP contribution in [0.25, 0.3) is 4.85 Å². The Morgan fingerprint density at radius 3 is 2.41 bits per heavy atom. The smallest absolute Gasteiger partial charge is 0.205 e. The molecule has 0 radical (unpaired) electrons. The van der Waals surface area contributed by atoms with Crippen LogP contribution in [0, 0.1) is 17.9 Å². The van der Waals surface area contributed by atoms with E-state index in [9.17, 15) is 4.79 Å². The van der Waals surface area contributed by atoms with Gasteiger partial charge >= 0.3 is 0 Å². The van der Waals surface area contributed by atoms with Crippen molar-refractivity contribution in [3.05, 3.63) is 64.5 Å². The molecule has 1 atom stereocenters. The van der Waals surface area contributed by atoms with Gasteiger partial charge in [-0.15, -0.1) is 0 Å². The summed E-state index contributed by atoms with van der Waals surface area (Å²) in [7, 11) is 0. The molecule has 5 nitrogen and oxygen atoms in total. The number of hydrogen-bond acceptors (Lipinski definition) is 4. The molecule has 0 aromatic heterocycles. The first-order valence-electron chi connectivity index (χ1n) is 12.5. The van der Waals surface area contributed by atoms with E-state index in [2.05, 4.69) is 39.0 Å². The summed E-state index contributed by atoms with van der Waals surface area (Å²) in [5, 5.41) is 3.88. The summed E-state index contributed by atoms with van der Waals surface area (Å²) in [4.78, 5) is 21.3. The van der Waals surface area contributed by atoms with E-state index in [-0.39, 0.29) is 5.92 Å². The SMILES string of the molecule is [C-]#[N+]c1ccc(N2CC3(CCN(c4ccc(C(=O)C5CCNCC5)cc4)CC3)C[C@@H]2C)cc1Cl. The molecule has 0 bridgehead atoms. The van der Waals surface area contributed by atoms with E-state index in [4.69, 9.17) is 18.2 Å². The van der Waals surface area contributed by atoms with E-state index < -0.39 is 0 Å². The minimum Gasteiger partial charge on any atom is -0.371 e. The Bertz CT molecular complexity index is 1080. The molecule has 1 N–H and O–H groups in total. The molecule has 2 aromatic carbocycles. The van der Waals surface area contributed by atoms with Crippen LogP contribution in [-0.2, 0) is 0 Å². The molecular formula is C28H33ClN4O. The van der Waals surface area contributed by atoms with Gasteiger partial charge in [-0.05, 0) is 93.9 Å². The molecule has 178 valence electrons. The molecule has 34 heavy (non-hydrogen) atoms. The summed E-state index contributed by atoms with van der Waals surface area (Å²) < 4.78 is 0. The second kappa shape index (κ2) is 9.60. The molecular weight excluding hydrogens is 444 g/mol. The highest BCUT2D eigenvalue weighted by molar-refractivity contribution is 6.33. The fourth-order valence-corrected chi connectivity index (χ4v) is 6.40. The Labute approximate surface area is 207 Å². The van der Waals surface area contributed by atoms with Crippen molar-refractivity contribution in [1.29, 1.82) is 0 Å². The molecule has 1 spiro atoms. The summed E-state index contributed by atoms with van der Waals surface area (Å²) >= 11 is 6.32. The van der Waals surface area contributed by atoms with Crippen molar-refractivity contribution >= 4 is 34.4 Å². The van der Waals surface area contributed by atoms with Gasteiger partial charge in [-0.25, -0.2) is 4.85 Å². The number of ketones is 1. The monoisotopic (exact) mass is 476 g/mol. The quantitative estimate of drug-likeness (QED) is 0.436. The topological polar surface area (TPSA) is 39.9 Å². The van der Waals surface area contributed by atoms with Gasteiger partial charge in [0.2, 0.25) is 5.69 Å². The molecule has 3 aliphatic heterocycles. The predicted octanol–water partition coefficient (Wildman–Crippen LogP) is 5.96. The highest BCUT2D eigenvalue weighted by Crippen LogP contribution is 2.46. The first kappa shape index (κ1) is 23.2. The van der Waals surface area contributed by atoms with Crippen LogP contribution in [0.2, 0.25) is 5.02 Å². The van der Waals surface area contributed by atoms with Gasteiger partial charge in [0.05, 0.1) is 6.57 Å². The highest BCUT2D eigenvalue weighted by Gasteiger charge is 2.44. The first-order chi connectivity index (χ1) is 16.5. The van der Waals surface area contributed by atoms with Crippen LogP contribution in [0.15, 0.2) is 42.5 Å². The van der Waals surface area contributed by atoms with Gasteiger partial charge in [0, 0.05) is 53.6 Å². The molecule has 3 saturated heterocycles. The first-order valence-corrected chi connectivity index (χ1v) is 12.9. The standard InChI is InChI=1S/C28H33ClN4O/c1-20-18-28(19-33(20)24-7-8-26(30-2)25(29)17-24)11-15-32(16-12-28)23-5-3-21(4-6-23)27(34)22-9-13-31-14-10-22/h3-8,17,20,22,31H,9-16,18-19H2,1H3/t20-/m0/s1. The van der Waals surface area contributed by atoms with Crippen molar-refractivity contribution < 1.29 is 4.79 Å². The maximum absolute atomic E-state index is 12.8. The number of piperidine rings is 2. The third-order valence-corrected chi connectivity index (χ3v) is 8.50. The zero-order valence-electron chi connectivity index (χ0n) is 19.9. The lowest BCUT2D eigenvalue weighted by Crippen LogP contribution is -2.41. The number of halogens is 1. The molecule has 0 unspecified atom stereocenters. The summed E-state index contributed by atoms with van der Waals surface area (Å²) in [5.41, 5.74) is 4.04. The van der Waals surface area contributed by atoms with E-state index in [1.807, 2.05) is 30.3 Å². The Morgan fingerprint density at radius 2 is 1.76 bits per heavy atom. The number of hydrogen-bond donors (Lipinski definition) is 1. The van der Waals surface area contributed by atoms with Gasteiger partial charge in [0.1, 0.15) is 0 Å². The minimum atomic E-state index is 0.168. The lowest BCUT2D eigenvalue weighted by atomic mass is 9.76. The Morgan fingerprint density at radius 1 is 1.09 bits per heavy atom. The van der Waals surface area contributed by atoms with E-state index in [0.29, 0.717) is 28.0 Å². The summed E-state index contributed by atoms with van der Waals surface area (Å²) in [6.45, 7) is 14.5. The summed E-state index contributed by atoms with van der Waals surface area (Å²) in [6, 6.07) is 14.6. The van der Waals surface area contributed by atoms with Crippen molar-refractivity contribution in [2.75, 3.05) is 42.5 Å². The Balaban J connectivity index is 1.21. The van der Waals surface area contributed by atoms with Crippen molar-refractivity contribution in [3.63, 3.8) is 0 Å². The van der Waals surface area contributed by atoms with E-state index in [0.717, 1.165) is 69.7 Å². The molecule has 2 aromatic rings. The Kier molecular flexibility index (Phi) is 6.55. The van der Waals surface area contributed by atoms with Gasteiger partial charge in [-0.2, -0.15) is 0 Å². The number of nitrogens with one attached hydrogen (secondary N) is 1. The van der Waals surface area contributed by atoms with Crippen LogP contribution >= 0.6 is 11.6 Å². The highest BCUT2D eigenvalue weighted by atomic mass is 35.5. The number of Topliss-reactive ketones (excluding diaryl/α,β-unsaturated/α-hetero) is 1. The molecule has 3 heterocycles. The fourth-order valence-electron chi connectivity index (χ4n) is 6.19. The van der Waals surface area contributed by atoms with E-state index in [1.54, 1.807) is 0 Å². The lowest BCUT2D eigenvalue weighted by molar-refractivity contribution is 0.0895. The molecule has 0 aliphatic carbocycles. The van der Waals surface area contributed by atoms with Gasteiger partial charge < -0.3 is 15.1 Å². The number of rotatable bonds is 4. The number of anilines is 2. The molecule has 3 fully saturated rings. The fraction of sp³-hybridized carbons (Fsp3) is 0.500. The largest absolute Gasteiger partial charge is 0.371 e. The van der Waals surface area contributed by atoms with Crippen LogP contribution < -0.4 is 15.1 Å². The van der Waals surface area contributed by atoms with Gasteiger partial charge in [0.25, 0.3) is 0 Å². The predicted molar refractivity (Wildman–Crippen MR) is 139 cm³/mol. The molecule has 6 heteroatoms. The summed E-state index contributed by atoms with van der Waals surface area (Å²) in [6.07, 6.45) is 5.40. The van der Waals surface area contributed by atoms with Crippen molar-refractivity contribution in [3.8, 4) is 0 Å². The second-order valence-electron chi connectivity index (χ2n) is 10.4. The molecule has 5 rings (SSSR count). The van der Waals surface area contributed by atoms with Crippen molar-refractivity contribution in [1.82, 2.24) is 5.32 Å². The van der Waals surface area contributed by atoms with Gasteiger partial charge in [-0.1, -0.05) is 17.7 Å². The Hall–Kier alpha value is -2.55. The van der Waals surface area contributed by atoms with Gasteiger partial charge in [-0.3, -0.25) is 4.79 Å². The van der Waals surface area contributed by atoms with Crippen molar-refractivity contribution in [2.24, 2.45) is 11.3 Å². The third-order valence-electron chi connectivity index (χ3n) is 8.20. The van der Waals surface area contributed by atoms with Crippen LogP contribution in [0.4, 0.5) is 17.1 Å². The summed E-state index contributed by atoms with van der Waals surface area (Å²) in [5.74, 6) is 0.469. The maximum atomic E-state index is 12.8. The lowest BCUT2D eigenvalue weighted by Gasteiger charge is -2.40. The molecule has 0 amide bonds. The van der Waals surface area contributed by atoms with Crippen LogP contribution in [0.1, 0.15) is 49.4 Å². The molecule has 3 aliphatic rings. The zero-order valence-corrected chi connectivity index (χ0v) is 20.7. The van der Waals surface area contributed by atoms with Crippen LogP contribution in [-0.4, -0.2) is 44.5 Å². The average Bonchev–Trinajstić information content (AvgIpc) is 3.20. The van der Waals surface area contributed by atoms with Gasteiger partial charge in [0.15, 0.2) is 5.78 Å². The van der Waals surface area contributed by atoms with E-state index in [1.165, 1.54) is 12.1 Å². The third kappa shape index (κ3) is 4.54. The number of carbonyl (C=O) groups excluding carboxylic acids is 1.